The number of pyridine rings is 1. The lowest BCUT2D eigenvalue weighted by molar-refractivity contribution is 0.0560. The summed E-state index contributed by atoms with van der Waals surface area (Å²) in [5.74, 6) is -0.324. The van der Waals surface area contributed by atoms with Crippen molar-refractivity contribution in [1.82, 2.24) is 14.8 Å². The Morgan fingerprint density at radius 1 is 0.946 bits per heavy atom. The van der Waals surface area contributed by atoms with Gasteiger partial charge in [-0.25, -0.2) is 14.2 Å². The Hall–Kier alpha value is -3.68. The topological polar surface area (TPSA) is 66.0 Å². The summed E-state index contributed by atoms with van der Waals surface area (Å²) in [7, 11) is 0. The van der Waals surface area contributed by atoms with Gasteiger partial charge < -0.3 is 19.4 Å². The molecule has 3 heterocycles. The number of rotatable bonds is 5. The van der Waals surface area contributed by atoms with Crippen LogP contribution in [-0.2, 0) is 4.74 Å². The number of piperazine rings is 1. The monoisotopic (exact) mass is 504 g/mol. The first-order chi connectivity index (χ1) is 17.9. The van der Waals surface area contributed by atoms with Gasteiger partial charge >= 0.3 is 6.09 Å². The molecule has 5 rings (SSSR count). The van der Waals surface area contributed by atoms with Crippen molar-refractivity contribution in [1.29, 1.82) is 0 Å². The Kier molecular flexibility index (Phi) is 7.26. The number of halogens is 1. The molecule has 0 unspecified atom stereocenters. The van der Waals surface area contributed by atoms with Crippen LogP contribution in [0, 0.1) is 12.7 Å². The number of benzene rings is 2. The SMILES string of the molecule is CCCOC(=O)N1CCN(C(=O)c2ccc3c(C)cc(-c4ccc(N5CCCC5)c(F)c4)nc3c2)CC1. The Bertz CT molecular complexity index is 1310. The fraction of sp³-hybridized carbons (Fsp3) is 0.414. The summed E-state index contributed by atoms with van der Waals surface area (Å²) < 4.78 is 20.2. The van der Waals surface area contributed by atoms with Crippen molar-refractivity contribution in [3.8, 4) is 11.3 Å². The van der Waals surface area contributed by atoms with E-state index in [1.165, 1.54) is 0 Å². The quantitative estimate of drug-likeness (QED) is 0.475. The molecular weight excluding hydrogens is 471 g/mol. The molecule has 0 spiro atoms. The molecule has 0 bridgehead atoms. The van der Waals surface area contributed by atoms with Crippen LogP contribution < -0.4 is 4.90 Å². The summed E-state index contributed by atoms with van der Waals surface area (Å²) >= 11 is 0. The van der Waals surface area contributed by atoms with Gasteiger partial charge in [0.2, 0.25) is 0 Å². The van der Waals surface area contributed by atoms with Crippen LogP contribution >= 0.6 is 0 Å². The first-order valence-electron chi connectivity index (χ1n) is 13.1. The molecule has 3 aromatic rings. The van der Waals surface area contributed by atoms with Crippen molar-refractivity contribution < 1.29 is 18.7 Å². The number of hydrogen-bond donors (Lipinski definition) is 0. The van der Waals surface area contributed by atoms with Crippen molar-refractivity contribution in [2.24, 2.45) is 0 Å². The number of aromatic nitrogens is 1. The van der Waals surface area contributed by atoms with Crippen molar-refractivity contribution >= 4 is 28.6 Å². The van der Waals surface area contributed by atoms with Crippen LogP contribution in [0.15, 0.2) is 42.5 Å². The molecule has 0 atom stereocenters. The fourth-order valence-electron chi connectivity index (χ4n) is 5.12. The number of aryl methyl sites for hydroxylation is 1. The summed E-state index contributed by atoms with van der Waals surface area (Å²) in [6, 6.07) is 12.8. The van der Waals surface area contributed by atoms with E-state index in [4.69, 9.17) is 9.72 Å². The summed E-state index contributed by atoms with van der Waals surface area (Å²) in [6.07, 6.45) is 2.64. The number of hydrogen-bond acceptors (Lipinski definition) is 5. The van der Waals surface area contributed by atoms with E-state index in [1.54, 1.807) is 15.9 Å². The molecule has 2 saturated heterocycles. The lowest BCUT2D eigenvalue weighted by Crippen LogP contribution is -2.50. The van der Waals surface area contributed by atoms with Gasteiger partial charge in [-0.2, -0.15) is 0 Å². The summed E-state index contributed by atoms with van der Waals surface area (Å²) in [4.78, 5) is 35.6. The summed E-state index contributed by atoms with van der Waals surface area (Å²) in [5.41, 5.74) is 4.31. The first kappa shape index (κ1) is 25.0. The lowest BCUT2D eigenvalue weighted by Gasteiger charge is -2.34. The third kappa shape index (κ3) is 5.24. The molecule has 194 valence electrons. The zero-order valence-corrected chi connectivity index (χ0v) is 21.5. The van der Waals surface area contributed by atoms with Crippen LogP contribution in [0.2, 0.25) is 0 Å². The van der Waals surface area contributed by atoms with Crippen molar-refractivity contribution in [2.45, 2.75) is 33.1 Å². The predicted octanol–water partition coefficient (Wildman–Crippen LogP) is 5.25. The van der Waals surface area contributed by atoms with Crippen LogP contribution in [0.5, 0.6) is 0 Å². The van der Waals surface area contributed by atoms with Crippen LogP contribution in [0.1, 0.15) is 42.1 Å². The van der Waals surface area contributed by atoms with Crippen LogP contribution in [0.3, 0.4) is 0 Å². The standard InChI is InChI=1S/C29H33FN4O3/c1-3-16-37-29(36)34-14-12-33(13-15-34)28(35)22-6-8-23-20(2)17-25(31-26(23)19-22)21-7-9-27(24(30)18-21)32-10-4-5-11-32/h6-9,17-19H,3-5,10-16H2,1-2H3. The van der Waals surface area contributed by atoms with E-state index >= 15 is 0 Å². The number of carbonyl (C=O) groups is 2. The smallest absolute Gasteiger partial charge is 0.409 e. The van der Waals surface area contributed by atoms with Crippen LogP contribution in [-0.4, -0.2) is 72.7 Å². The highest BCUT2D eigenvalue weighted by Gasteiger charge is 2.26. The maximum atomic E-state index is 15.0. The fourth-order valence-corrected chi connectivity index (χ4v) is 5.12. The van der Waals surface area contributed by atoms with E-state index in [0.29, 0.717) is 60.8 Å². The van der Waals surface area contributed by atoms with Crippen molar-refractivity contribution in [3.05, 3.63) is 59.4 Å². The molecular formula is C29H33FN4O3. The van der Waals surface area contributed by atoms with E-state index in [2.05, 4.69) is 4.90 Å². The van der Waals surface area contributed by atoms with Gasteiger partial charge in [0.1, 0.15) is 5.82 Å². The van der Waals surface area contributed by atoms with E-state index in [-0.39, 0.29) is 17.8 Å². The Morgan fingerprint density at radius 3 is 2.38 bits per heavy atom. The van der Waals surface area contributed by atoms with Gasteiger partial charge in [0.25, 0.3) is 5.91 Å². The number of anilines is 1. The normalized spacial score (nSPS) is 15.9. The third-order valence-electron chi connectivity index (χ3n) is 7.21. The maximum Gasteiger partial charge on any atom is 0.409 e. The van der Waals surface area contributed by atoms with Gasteiger partial charge in [-0.3, -0.25) is 4.79 Å². The average Bonchev–Trinajstić information content (AvgIpc) is 3.45. The molecule has 2 aliphatic heterocycles. The maximum absolute atomic E-state index is 15.0. The van der Waals surface area contributed by atoms with Crippen molar-refractivity contribution in [3.63, 3.8) is 0 Å². The minimum atomic E-state index is -0.322. The van der Waals surface area contributed by atoms with E-state index < -0.39 is 0 Å². The number of amides is 2. The van der Waals surface area contributed by atoms with Gasteiger partial charge in [-0.1, -0.05) is 19.1 Å². The Balaban J connectivity index is 1.34. The van der Waals surface area contributed by atoms with Gasteiger partial charge in [0.15, 0.2) is 0 Å². The van der Waals surface area contributed by atoms with E-state index in [1.807, 2.05) is 50.2 Å². The molecule has 2 aliphatic rings. The van der Waals surface area contributed by atoms with Gasteiger partial charge in [0.05, 0.1) is 23.5 Å². The molecule has 0 saturated carbocycles. The average molecular weight is 505 g/mol. The lowest BCUT2D eigenvalue weighted by atomic mass is 10.0. The summed E-state index contributed by atoms with van der Waals surface area (Å²) in [5, 5.41) is 0.956. The Morgan fingerprint density at radius 2 is 1.68 bits per heavy atom. The number of ether oxygens (including phenoxy) is 1. The molecule has 0 radical (unpaired) electrons. The molecule has 37 heavy (non-hydrogen) atoms. The van der Waals surface area contributed by atoms with E-state index in [9.17, 15) is 14.0 Å². The Labute approximate surface area is 216 Å². The zero-order valence-electron chi connectivity index (χ0n) is 21.5. The van der Waals surface area contributed by atoms with Crippen LogP contribution in [0.4, 0.5) is 14.9 Å². The molecule has 0 N–H and O–H groups in total. The molecule has 2 aromatic carbocycles. The largest absolute Gasteiger partial charge is 0.449 e. The second kappa shape index (κ2) is 10.7. The van der Waals surface area contributed by atoms with Gasteiger partial charge in [-0.15, -0.1) is 0 Å². The summed E-state index contributed by atoms with van der Waals surface area (Å²) in [6.45, 7) is 7.93. The first-order valence-corrected chi connectivity index (χ1v) is 13.1. The second-order valence-electron chi connectivity index (χ2n) is 9.81. The number of nitrogens with zero attached hydrogens (tertiary/aromatic N) is 4. The van der Waals surface area contributed by atoms with Gasteiger partial charge in [-0.05, 0) is 62.1 Å². The molecule has 1 aromatic heterocycles. The second-order valence-corrected chi connectivity index (χ2v) is 9.81. The molecule has 2 amide bonds. The van der Waals surface area contributed by atoms with Crippen molar-refractivity contribution in [2.75, 3.05) is 50.8 Å². The highest BCUT2D eigenvalue weighted by molar-refractivity contribution is 5.99. The molecule has 0 aliphatic carbocycles. The van der Waals surface area contributed by atoms with Gasteiger partial charge in [0, 0.05) is 55.8 Å². The minimum absolute atomic E-state index is 0.0886. The minimum Gasteiger partial charge on any atom is -0.449 e. The highest BCUT2D eigenvalue weighted by Crippen LogP contribution is 2.30. The zero-order chi connectivity index (χ0) is 25.9. The molecule has 8 heteroatoms. The molecule has 2 fully saturated rings. The van der Waals surface area contributed by atoms with Crippen LogP contribution in [0.25, 0.3) is 22.2 Å². The number of carbonyl (C=O) groups excluding carboxylic acids is 2. The molecule has 7 nitrogen and oxygen atoms in total. The highest BCUT2D eigenvalue weighted by atomic mass is 19.1. The number of fused-ring (bicyclic) bond motifs is 1. The predicted molar refractivity (Wildman–Crippen MR) is 142 cm³/mol. The third-order valence-corrected chi connectivity index (χ3v) is 7.21. The van der Waals surface area contributed by atoms with E-state index in [0.717, 1.165) is 43.3 Å².